The summed E-state index contributed by atoms with van der Waals surface area (Å²) in [5.74, 6) is -0.453. The standard InChI is InChI=1S/C23H22Cl2N2O3S/c1-2-20(17-10-5-3-6-11-17)26-22(28)16-27(21-15-9-14-19(24)23(21)25)31(29,30)18-12-7-4-8-13-18/h3-15,20H,2,16H2,1H3,(H,26,28)/t20-/m0/s1. The molecule has 0 fully saturated rings. The minimum absolute atomic E-state index is 0.0499. The van der Waals surface area contributed by atoms with Gasteiger partial charge in [0.15, 0.2) is 0 Å². The average Bonchev–Trinajstić information content (AvgIpc) is 2.79. The van der Waals surface area contributed by atoms with E-state index in [1.165, 1.54) is 18.2 Å². The third-order valence-electron chi connectivity index (χ3n) is 4.76. The number of rotatable bonds is 8. The van der Waals surface area contributed by atoms with E-state index in [4.69, 9.17) is 23.2 Å². The molecule has 0 aromatic heterocycles. The van der Waals surface area contributed by atoms with Gasteiger partial charge in [-0.15, -0.1) is 0 Å². The smallest absolute Gasteiger partial charge is 0.264 e. The van der Waals surface area contributed by atoms with Gasteiger partial charge in [-0.3, -0.25) is 9.10 Å². The van der Waals surface area contributed by atoms with E-state index in [-0.39, 0.29) is 26.7 Å². The molecule has 0 unspecified atom stereocenters. The molecule has 31 heavy (non-hydrogen) atoms. The zero-order valence-electron chi connectivity index (χ0n) is 16.8. The number of nitrogens with one attached hydrogen (secondary N) is 1. The van der Waals surface area contributed by atoms with Crippen molar-refractivity contribution in [3.8, 4) is 0 Å². The maximum Gasteiger partial charge on any atom is 0.264 e. The van der Waals surface area contributed by atoms with Crippen molar-refractivity contribution in [1.29, 1.82) is 0 Å². The van der Waals surface area contributed by atoms with Gasteiger partial charge in [-0.1, -0.05) is 84.7 Å². The van der Waals surface area contributed by atoms with E-state index in [9.17, 15) is 13.2 Å². The van der Waals surface area contributed by atoms with Crippen LogP contribution in [0.3, 0.4) is 0 Å². The number of carbonyl (C=O) groups is 1. The molecule has 1 amide bonds. The fraction of sp³-hybridized carbons (Fsp3) is 0.174. The first-order chi connectivity index (χ1) is 14.8. The Morgan fingerprint density at radius 1 is 0.935 bits per heavy atom. The first kappa shape index (κ1) is 23.1. The van der Waals surface area contributed by atoms with Gasteiger partial charge in [-0.05, 0) is 36.2 Å². The second kappa shape index (κ2) is 10.2. The second-order valence-corrected chi connectivity index (χ2v) is 9.48. The molecular formula is C23H22Cl2N2O3S. The molecule has 0 saturated heterocycles. The summed E-state index contributed by atoms with van der Waals surface area (Å²) in [5.41, 5.74) is 1.08. The highest BCUT2D eigenvalue weighted by atomic mass is 35.5. The summed E-state index contributed by atoms with van der Waals surface area (Å²) in [4.78, 5) is 13.0. The van der Waals surface area contributed by atoms with Gasteiger partial charge in [0.05, 0.1) is 26.7 Å². The number of amides is 1. The zero-order valence-corrected chi connectivity index (χ0v) is 19.2. The molecule has 1 atom stereocenters. The predicted molar refractivity (Wildman–Crippen MR) is 125 cm³/mol. The number of halogens is 2. The van der Waals surface area contributed by atoms with E-state index in [1.54, 1.807) is 30.3 Å². The van der Waals surface area contributed by atoms with Gasteiger partial charge >= 0.3 is 0 Å². The molecule has 0 aliphatic rings. The monoisotopic (exact) mass is 476 g/mol. The van der Waals surface area contributed by atoms with E-state index in [1.807, 2.05) is 37.3 Å². The minimum atomic E-state index is -4.07. The normalized spacial score (nSPS) is 12.2. The summed E-state index contributed by atoms with van der Waals surface area (Å²) in [6.45, 7) is 1.50. The van der Waals surface area contributed by atoms with E-state index in [0.717, 1.165) is 9.87 Å². The van der Waals surface area contributed by atoms with Gasteiger partial charge in [0.2, 0.25) is 5.91 Å². The molecule has 0 aliphatic carbocycles. The Kier molecular flexibility index (Phi) is 7.59. The van der Waals surface area contributed by atoms with Gasteiger partial charge in [-0.2, -0.15) is 0 Å². The molecule has 0 bridgehead atoms. The number of hydrogen-bond donors (Lipinski definition) is 1. The molecule has 0 spiro atoms. The molecule has 5 nitrogen and oxygen atoms in total. The van der Waals surface area contributed by atoms with Crippen molar-refractivity contribution in [3.05, 3.63) is 94.5 Å². The Hall–Kier alpha value is -2.54. The Labute approximate surface area is 192 Å². The van der Waals surface area contributed by atoms with Gasteiger partial charge in [0, 0.05) is 0 Å². The summed E-state index contributed by atoms with van der Waals surface area (Å²) in [5, 5.41) is 3.18. The first-order valence-corrected chi connectivity index (χ1v) is 11.9. The third-order valence-corrected chi connectivity index (χ3v) is 7.35. The lowest BCUT2D eigenvalue weighted by atomic mass is 10.0. The van der Waals surface area contributed by atoms with Crippen LogP contribution in [0.1, 0.15) is 24.9 Å². The maximum atomic E-state index is 13.4. The Bertz CT molecular complexity index is 1140. The highest BCUT2D eigenvalue weighted by molar-refractivity contribution is 7.92. The molecule has 8 heteroatoms. The Balaban J connectivity index is 1.95. The second-order valence-electron chi connectivity index (χ2n) is 6.84. The molecule has 162 valence electrons. The lowest BCUT2D eigenvalue weighted by Gasteiger charge is -2.26. The van der Waals surface area contributed by atoms with E-state index < -0.39 is 22.5 Å². The number of anilines is 1. The van der Waals surface area contributed by atoms with Crippen LogP contribution in [0, 0.1) is 0 Å². The van der Waals surface area contributed by atoms with Crippen LogP contribution in [0.5, 0.6) is 0 Å². The van der Waals surface area contributed by atoms with Crippen LogP contribution in [0.4, 0.5) is 5.69 Å². The van der Waals surface area contributed by atoms with Crippen molar-refractivity contribution < 1.29 is 13.2 Å². The molecule has 0 heterocycles. The van der Waals surface area contributed by atoms with E-state index >= 15 is 0 Å². The molecule has 0 radical (unpaired) electrons. The van der Waals surface area contributed by atoms with Crippen molar-refractivity contribution in [2.75, 3.05) is 10.8 Å². The lowest BCUT2D eigenvalue weighted by molar-refractivity contribution is -0.120. The molecule has 0 aliphatic heterocycles. The molecular weight excluding hydrogens is 455 g/mol. The van der Waals surface area contributed by atoms with Crippen molar-refractivity contribution in [1.82, 2.24) is 5.32 Å². The largest absolute Gasteiger partial charge is 0.348 e. The van der Waals surface area contributed by atoms with Gasteiger partial charge in [0.25, 0.3) is 10.0 Å². The summed E-state index contributed by atoms with van der Waals surface area (Å²) < 4.78 is 27.8. The number of hydrogen-bond acceptors (Lipinski definition) is 3. The quantitative estimate of drug-likeness (QED) is 0.469. The van der Waals surface area contributed by atoms with Crippen molar-refractivity contribution in [2.45, 2.75) is 24.3 Å². The Morgan fingerprint density at radius 3 is 2.16 bits per heavy atom. The van der Waals surface area contributed by atoms with Crippen LogP contribution in [0.25, 0.3) is 0 Å². The Morgan fingerprint density at radius 2 is 1.55 bits per heavy atom. The molecule has 1 N–H and O–H groups in total. The van der Waals surface area contributed by atoms with E-state index in [2.05, 4.69) is 5.32 Å². The van der Waals surface area contributed by atoms with Crippen molar-refractivity contribution in [3.63, 3.8) is 0 Å². The number of sulfonamides is 1. The van der Waals surface area contributed by atoms with Crippen LogP contribution in [0.15, 0.2) is 83.8 Å². The number of benzene rings is 3. The van der Waals surface area contributed by atoms with Gasteiger partial charge in [0.1, 0.15) is 6.54 Å². The topological polar surface area (TPSA) is 66.5 Å². The minimum Gasteiger partial charge on any atom is -0.348 e. The third kappa shape index (κ3) is 5.39. The predicted octanol–water partition coefficient (Wildman–Crippen LogP) is 5.46. The molecule has 0 saturated carbocycles. The fourth-order valence-corrected chi connectivity index (χ4v) is 5.08. The van der Waals surface area contributed by atoms with Gasteiger partial charge in [-0.25, -0.2) is 8.42 Å². The zero-order chi connectivity index (χ0) is 22.4. The van der Waals surface area contributed by atoms with Crippen LogP contribution in [-0.4, -0.2) is 20.9 Å². The summed E-state index contributed by atoms with van der Waals surface area (Å²) in [7, 11) is -4.07. The van der Waals surface area contributed by atoms with Crippen LogP contribution < -0.4 is 9.62 Å². The number of carbonyl (C=O) groups excluding carboxylic acids is 1. The highest BCUT2D eigenvalue weighted by Gasteiger charge is 2.29. The van der Waals surface area contributed by atoms with E-state index in [0.29, 0.717) is 6.42 Å². The van der Waals surface area contributed by atoms with Crippen molar-refractivity contribution in [2.24, 2.45) is 0 Å². The molecule has 3 rings (SSSR count). The average molecular weight is 477 g/mol. The highest BCUT2D eigenvalue weighted by Crippen LogP contribution is 2.35. The van der Waals surface area contributed by atoms with Crippen LogP contribution in [0.2, 0.25) is 10.0 Å². The summed E-state index contributed by atoms with van der Waals surface area (Å²) in [6.07, 6.45) is 0.652. The maximum absolute atomic E-state index is 13.4. The van der Waals surface area contributed by atoms with Crippen LogP contribution >= 0.6 is 23.2 Å². The number of nitrogens with zero attached hydrogens (tertiary/aromatic N) is 1. The molecule has 3 aromatic rings. The SMILES string of the molecule is CC[C@H](NC(=O)CN(c1cccc(Cl)c1Cl)S(=O)(=O)c1ccccc1)c1ccccc1. The van der Waals surface area contributed by atoms with Crippen molar-refractivity contribution >= 4 is 44.8 Å². The molecule has 3 aromatic carbocycles. The summed E-state index contributed by atoms with van der Waals surface area (Å²) >= 11 is 12.4. The first-order valence-electron chi connectivity index (χ1n) is 9.70. The van der Waals surface area contributed by atoms with Crippen LogP contribution in [-0.2, 0) is 14.8 Å². The van der Waals surface area contributed by atoms with Gasteiger partial charge < -0.3 is 5.32 Å². The lowest BCUT2D eigenvalue weighted by Crippen LogP contribution is -2.42. The summed E-state index contributed by atoms with van der Waals surface area (Å²) in [6, 6.07) is 21.8. The fourth-order valence-electron chi connectivity index (χ4n) is 3.18.